The molecule has 0 radical (unpaired) electrons. The van der Waals surface area contributed by atoms with Crippen LogP contribution in [0.2, 0.25) is 0 Å². The van der Waals surface area contributed by atoms with E-state index in [1.54, 1.807) is 0 Å². The Morgan fingerprint density at radius 3 is 2.39 bits per heavy atom. The molecular weight excluding hydrogens is 343 g/mol. The Bertz CT molecular complexity index is 637. The van der Waals surface area contributed by atoms with Crippen LogP contribution in [0.5, 0.6) is 5.75 Å². The SMILES string of the molecule is [N-]=[N+]=Nc1cc(S(=O)(=O)C(F)(F)F)cc(Br)c1O. The van der Waals surface area contributed by atoms with Gasteiger partial charge in [0.2, 0.25) is 0 Å². The Hall–Kier alpha value is -1.45. The number of azide groups is 1. The molecule has 0 aliphatic carbocycles. The van der Waals surface area contributed by atoms with Gasteiger partial charge in [-0.05, 0) is 33.6 Å². The number of hydrogen-bond acceptors (Lipinski definition) is 4. The van der Waals surface area contributed by atoms with Crippen molar-refractivity contribution in [2.75, 3.05) is 0 Å². The molecule has 0 spiro atoms. The molecule has 1 aromatic carbocycles. The summed E-state index contributed by atoms with van der Waals surface area (Å²) in [4.78, 5) is 1.12. The Morgan fingerprint density at radius 1 is 1.39 bits per heavy atom. The number of halogens is 4. The molecule has 0 saturated heterocycles. The number of sulfone groups is 1. The van der Waals surface area contributed by atoms with Gasteiger partial charge in [0.05, 0.1) is 15.1 Å². The third-order valence-electron chi connectivity index (χ3n) is 1.78. The van der Waals surface area contributed by atoms with Crippen LogP contribution in [0.3, 0.4) is 0 Å². The lowest BCUT2D eigenvalue weighted by atomic mass is 10.3. The molecule has 1 aromatic rings. The summed E-state index contributed by atoms with van der Waals surface area (Å²) < 4.78 is 58.8. The highest BCUT2D eigenvalue weighted by Crippen LogP contribution is 2.40. The standard InChI is InChI=1S/C7H3BrF3N3O3S/c8-4-1-3(18(16,17)7(9,10)11)2-5(6(4)15)13-14-12/h1-2,15H. The van der Waals surface area contributed by atoms with Crippen LogP contribution in [-0.2, 0) is 9.84 Å². The number of alkyl halides is 3. The average Bonchev–Trinajstić information content (AvgIpc) is 2.23. The predicted octanol–water partition coefficient (Wildman–Crippen LogP) is 3.39. The molecule has 0 atom stereocenters. The molecule has 0 aromatic heterocycles. The number of phenolic OH excluding ortho intramolecular Hbond substituents is 1. The Kier molecular flexibility index (Phi) is 3.79. The summed E-state index contributed by atoms with van der Waals surface area (Å²) in [6.07, 6.45) is 0. The van der Waals surface area contributed by atoms with E-state index in [-0.39, 0.29) is 4.47 Å². The van der Waals surface area contributed by atoms with Crippen LogP contribution in [0.15, 0.2) is 26.6 Å². The highest BCUT2D eigenvalue weighted by molar-refractivity contribution is 9.10. The van der Waals surface area contributed by atoms with Gasteiger partial charge in [0.1, 0.15) is 5.75 Å². The van der Waals surface area contributed by atoms with Gasteiger partial charge in [-0.2, -0.15) is 13.2 Å². The first kappa shape index (κ1) is 14.6. The van der Waals surface area contributed by atoms with Crippen molar-refractivity contribution in [1.29, 1.82) is 0 Å². The van der Waals surface area contributed by atoms with Crippen LogP contribution < -0.4 is 0 Å². The average molecular weight is 346 g/mol. The minimum absolute atomic E-state index is 0.338. The van der Waals surface area contributed by atoms with Gasteiger partial charge in [0.15, 0.2) is 0 Å². The summed E-state index contributed by atoms with van der Waals surface area (Å²) in [6, 6.07) is 0.997. The minimum Gasteiger partial charge on any atom is -0.506 e. The zero-order valence-electron chi connectivity index (χ0n) is 8.18. The summed E-state index contributed by atoms with van der Waals surface area (Å²) in [5.74, 6) is -0.658. The summed E-state index contributed by atoms with van der Waals surface area (Å²) >= 11 is 2.66. The van der Waals surface area contributed by atoms with Crippen LogP contribution in [0.25, 0.3) is 10.4 Å². The summed E-state index contributed by atoms with van der Waals surface area (Å²) in [7, 11) is -5.58. The molecule has 18 heavy (non-hydrogen) atoms. The smallest absolute Gasteiger partial charge is 0.501 e. The van der Waals surface area contributed by atoms with E-state index in [0.717, 1.165) is 0 Å². The van der Waals surface area contributed by atoms with E-state index in [2.05, 4.69) is 26.0 Å². The van der Waals surface area contributed by atoms with Crippen molar-refractivity contribution in [1.82, 2.24) is 0 Å². The molecule has 0 aliphatic rings. The number of aromatic hydroxyl groups is 1. The monoisotopic (exact) mass is 345 g/mol. The lowest BCUT2D eigenvalue weighted by Gasteiger charge is -2.10. The van der Waals surface area contributed by atoms with Crippen molar-refractivity contribution in [3.05, 3.63) is 27.0 Å². The van der Waals surface area contributed by atoms with Crippen LogP contribution in [0.1, 0.15) is 0 Å². The topological polar surface area (TPSA) is 103 Å². The maximum Gasteiger partial charge on any atom is 0.501 e. The molecule has 11 heteroatoms. The van der Waals surface area contributed by atoms with Crippen molar-refractivity contribution in [3.63, 3.8) is 0 Å². The second-order valence-electron chi connectivity index (χ2n) is 2.91. The molecule has 0 aliphatic heterocycles. The molecule has 0 amide bonds. The molecule has 0 saturated carbocycles. The molecule has 6 nitrogen and oxygen atoms in total. The molecule has 1 rings (SSSR count). The van der Waals surface area contributed by atoms with Gasteiger partial charge in [-0.1, -0.05) is 5.11 Å². The van der Waals surface area contributed by atoms with Gasteiger partial charge in [-0.15, -0.1) is 0 Å². The highest BCUT2D eigenvalue weighted by Gasteiger charge is 2.47. The van der Waals surface area contributed by atoms with Crippen molar-refractivity contribution < 1.29 is 26.7 Å². The van der Waals surface area contributed by atoms with E-state index < -0.39 is 31.7 Å². The summed E-state index contributed by atoms with van der Waals surface area (Å²) in [5, 5.41) is 12.2. The third kappa shape index (κ3) is 2.52. The number of phenols is 1. The van der Waals surface area contributed by atoms with Crippen LogP contribution >= 0.6 is 15.9 Å². The Labute approximate surface area is 107 Å². The van der Waals surface area contributed by atoms with Gasteiger partial charge in [-0.25, -0.2) is 8.42 Å². The molecule has 0 fully saturated rings. The molecule has 0 bridgehead atoms. The van der Waals surface area contributed by atoms with Gasteiger partial charge >= 0.3 is 5.51 Å². The number of rotatable bonds is 2. The van der Waals surface area contributed by atoms with Crippen molar-refractivity contribution >= 4 is 31.5 Å². The number of nitrogens with zero attached hydrogens (tertiary/aromatic N) is 3. The number of hydrogen-bond donors (Lipinski definition) is 1. The molecule has 1 N–H and O–H groups in total. The fourth-order valence-corrected chi connectivity index (χ4v) is 2.38. The first-order valence-corrected chi connectivity index (χ1v) is 6.28. The fourth-order valence-electron chi connectivity index (χ4n) is 0.974. The Balaban J connectivity index is 3.60. The first-order chi connectivity index (χ1) is 8.11. The second-order valence-corrected chi connectivity index (χ2v) is 5.71. The third-order valence-corrected chi connectivity index (χ3v) is 3.85. The van der Waals surface area contributed by atoms with Gasteiger partial charge < -0.3 is 5.11 Å². The first-order valence-electron chi connectivity index (χ1n) is 4.00. The fraction of sp³-hybridized carbons (Fsp3) is 0.143. The molecular formula is C7H3BrF3N3O3S. The van der Waals surface area contributed by atoms with E-state index in [4.69, 9.17) is 5.53 Å². The quantitative estimate of drug-likeness (QED) is 0.504. The lowest BCUT2D eigenvalue weighted by Crippen LogP contribution is -2.23. The van der Waals surface area contributed by atoms with Crippen LogP contribution in [0, 0.1) is 0 Å². The van der Waals surface area contributed by atoms with Gasteiger partial charge in [0, 0.05) is 4.91 Å². The second kappa shape index (κ2) is 4.67. The predicted molar refractivity (Wildman–Crippen MR) is 57.9 cm³/mol. The van der Waals surface area contributed by atoms with Crippen LogP contribution in [0.4, 0.5) is 18.9 Å². The van der Waals surface area contributed by atoms with Crippen molar-refractivity contribution in [2.45, 2.75) is 10.4 Å². The zero-order chi connectivity index (χ0) is 14.1. The van der Waals surface area contributed by atoms with Crippen molar-refractivity contribution in [2.24, 2.45) is 5.11 Å². The highest BCUT2D eigenvalue weighted by atomic mass is 79.9. The lowest BCUT2D eigenvalue weighted by molar-refractivity contribution is -0.0436. The van der Waals surface area contributed by atoms with E-state index in [1.807, 2.05) is 0 Å². The van der Waals surface area contributed by atoms with Gasteiger partial charge in [0.25, 0.3) is 9.84 Å². The maximum atomic E-state index is 12.3. The Morgan fingerprint density at radius 2 is 1.94 bits per heavy atom. The molecule has 0 heterocycles. The van der Waals surface area contributed by atoms with E-state index in [1.165, 1.54) is 0 Å². The van der Waals surface area contributed by atoms with Crippen molar-refractivity contribution in [3.8, 4) is 5.75 Å². The van der Waals surface area contributed by atoms with Crippen LogP contribution in [-0.4, -0.2) is 19.0 Å². The maximum absolute atomic E-state index is 12.3. The van der Waals surface area contributed by atoms with E-state index in [9.17, 15) is 26.7 Å². The minimum atomic E-state index is -5.58. The zero-order valence-corrected chi connectivity index (χ0v) is 10.6. The number of benzene rings is 1. The van der Waals surface area contributed by atoms with E-state index >= 15 is 0 Å². The largest absolute Gasteiger partial charge is 0.506 e. The normalized spacial score (nSPS) is 12.0. The molecule has 0 unspecified atom stereocenters. The summed E-state index contributed by atoms with van der Waals surface area (Å²) in [5.41, 5.74) is 2.03. The summed E-state index contributed by atoms with van der Waals surface area (Å²) in [6.45, 7) is 0. The van der Waals surface area contributed by atoms with Gasteiger partial charge in [-0.3, -0.25) is 0 Å². The van der Waals surface area contributed by atoms with E-state index in [0.29, 0.717) is 12.1 Å². The molecule has 98 valence electrons.